The van der Waals surface area contributed by atoms with Gasteiger partial charge in [0.25, 0.3) is 0 Å². The molecule has 2 atom stereocenters. The van der Waals surface area contributed by atoms with Gasteiger partial charge < -0.3 is 15.8 Å². The smallest absolute Gasteiger partial charge is 0.240 e. The van der Waals surface area contributed by atoms with Gasteiger partial charge in [-0.15, -0.1) is 0 Å². The highest BCUT2D eigenvalue weighted by Crippen LogP contribution is 2.26. The van der Waals surface area contributed by atoms with Crippen molar-refractivity contribution in [1.29, 1.82) is 0 Å². The summed E-state index contributed by atoms with van der Waals surface area (Å²) in [7, 11) is 0. The SMILES string of the molecule is NC1(C(=O)NCC2CN3CCCC3CO2)CCCCC1. The first-order chi connectivity index (χ1) is 9.67. The number of ether oxygens (including phenoxy) is 1. The molecule has 114 valence electrons. The van der Waals surface area contributed by atoms with Crippen LogP contribution in [0.4, 0.5) is 0 Å². The second-order valence-electron chi connectivity index (χ2n) is 6.67. The van der Waals surface area contributed by atoms with Crippen LogP contribution in [0.1, 0.15) is 44.9 Å². The Labute approximate surface area is 121 Å². The molecule has 0 aromatic rings. The molecule has 1 saturated carbocycles. The Morgan fingerprint density at radius 1 is 1.30 bits per heavy atom. The van der Waals surface area contributed by atoms with E-state index in [0.29, 0.717) is 12.6 Å². The van der Waals surface area contributed by atoms with Crippen molar-refractivity contribution in [2.24, 2.45) is 5.73 Å². The van der Waals surface area contributed by atoms with E-state index in [1.807, 2.05) is 0 Å². The second-order valence-corrected chi connectivity index (χ2v) is 6.67. The third-order valence-corrected chi connectivity index (χ3v) is 5.15. The molecule has 2 heterocycles. The molecule has 0 radical (unpaired) electrons. The van der Waals surface area contributed by atoms with E-state index in [-0.39, 0.29) is 12.0 Å². The summed E-state index contributed by atoms with van der Waals surface area (Å²) >= 11 is 0. The molecule has 20 heavy (non-hydrogen) atoms. The minimum Gasteiger partial charge on any atom is -0.373 e. The Balaban J connectivity index is 1.45. The van der Waals surface area contributed by atoms with Crippen LogP contribution in [0.2, 0.25) is 0 Å². The lowest BCUT2D eigenvalue weighted by Gasteiger charge is -2.36. The van der Waals surface area contributed by atoms with E-state index in [1.54, 1.807) is 0 Å². The van der Waals surface area contributed by atoms with Gasteiger partial charge in [0.1, 0.15) is 0 Å². The van der Waals surface area contributed by atoms with Crippen LogP contribution < -0.4 is 11.1 Å². The highest BCUT2D eigenvalue weighted by Gasteiger charge is 2.36. The first-order valence-corrected chi connectivity index (χ1v) is 8.10. The molecule has 3 aliphatic rings. The number of morpholine rings is 1. The van der Waals surface area contributed by atoms with E-state index in [2.05, 4.69) is 10.2 Å². The summed E-state index contributed by atoms with van der Waals surface area (Å²) < 4.78 is 5.87. The van der Waals surface area contributed by atoms with Gasteiger partial charge in [0.2, 0.25) is 5.91 Å². The third kappa shape index (κ3) is 3.00. The summed E-state index contributed by atoms with van der Waals surface area (Å²) in [5.74, 6) is 0.0179. The number of nitrogens with zero attached hydrogens (tertiary/aromatic N) is 1. The predicted molar refractivity (Wildman–Crippen MR) is 77.3 cm³/mol. The number of nitrogens with one attached hydrogen (secondary N) is 1. The van der Waals surface area contributed by atoms with Gasteiger partial charge in [-0.05, 0) is 32.2 Å². The average molecular weight is 281 g/mol. The summed E-state index contributed by atoms with van der Waals surface area (Å²) in [6, 6.07) is 0.612. The number of amides is 1. The maximum atomic E-state index is 12.3. The van der Waals surface area contributed by atoms with Gasteiger partial charge in [0.05, 0.1) is 18.2 Å². The highest BCUT2D eigenvalue weighted by molar-refractivity contribution is 5.86. The largest absolute Gasteiger partial charge is 0.373 e. The van der Waals surface area contributed by atoms with Gasteiger partial charge >= 0.3 is 0 Å². The fourth-order valence-corrected chi connectivity index (χ4v) is 3.80. The van der Waals surface area contributed by atoms with E-state index in [0.717, 1.165) is 38.8 Å². The lowest BCUT2D eigenvalue weighted by Crippen LogP contribution is -2.57. The highest BCUT2D eigenvalue weighted by atomic mass is 16.5. The van der Waals surface area contributed by atoms with Crippen molar-refractivity contribution in [3.05, 3.63) is 0 Å². The molecule has 2 aliphatic heterocycles. The maximum Gasteiger partial charge on any atom is 0.240 e. The number of hydrogen-bond acceptors (Lipinski definition) is 4. The molecule has 0 bridgehead atoms. The minimum absolute atomic E-state index is 0.0179. The number of hydrogen-bond donors (Lipinski definition) is 2. The number of rotatable bonds is 3. The molecule has 3 N–H and O–H groups in total. The Morgan fingerprint density at radius 2 is 2.10 bits per heavy atom. The zero-order valence-electron chi connectivity index (χ0n) is 12.3. The van der Waals surface area contributed by atoms with Gasteiger partial charge in [-0.25, -0.2) is 0 Å². The molecule has 0 spiro atoms. The number of carbonyl (C=O) groups excluding carboxylic acids is 1. The van der Waals surface area contributed by atoms with Crippen LogP contribution in [0.5, 0.6) is 0 Å². The van der Waals surface area contributed by atoms with Crippen LogP contribution in [0, 0.1) is 0 Å². The molecule has 3 fully saturated rings. The maximum absolute atomic E-state index is 12.3. The lowest BCUT2D eigenvalue weighted by molar-refractivity contribution is -0.128. The Bertz CT molecular complexity index is 355. The van der Waals surface area contributed by atoms with E-state index in [1.165, 1.54) is 25.8 Å². The topological polar surface area (TPSA) is 67.6 Å². The molecular weight excluding hydrogens is 254 g/mol. The van der Waals surface area contributed by atoms with Crippen molar-refractivity contribution < 1.29 is 9.53 Å². The average Bonchev–Trinajstić information content (AvgIpc) is 2.93. The fraction of sp³-hybridized carbons (Fsp3) is 0.933. The summed E-state index contributed by atoms with van der Waals surface area (Å²) in [5.41, 5.74) is 5.60. The van der Waals surface area contributed by atoms with Crippen LogP contribution in [-0.2, 0) is 9.53 Å². The van der Waals surface area contributed by atoms with Crippen molar-refractivity contribution in [2.75, 3.05) is 26.2 Å². The minimum atomic E-state index is -0.636. The van der Waals surface area contributed by atoms with E-state index in [4.69, 9.17) is 10.5 Å². The van der Waals surface area contributed by atoms with Crippen molar-refractivity contribution >= 4 is 5.91 Å². The van der Waals surface area contributed by atoms with Crippen molar-refractivity contribution in [3.63, 3.8) is 0 Å². The zero-order valence-corrected chi connectivity index (χ0v) is 12.3. The van der Waals surface area contributed by atoms with Gasteiger partial charge in [0.15, 0.2) is 0 Å². The molecule has 1 aliphatic carbocycles. The van der Waals surface area contributed by atoms with E-state index < -0.39 is 5.54 Å². The number of fused-ring (bicyclic) bond motifs is 1. The monoisotopic (exact) mass is 281 g/mol. The second kappa shape index (κ2) is 6.00. The zero-order chi connectivity index (χ0) is 14.0. The van der Waals surface area contributed by atoms with Gasteiger partial charge in [-0.1, -0.05) is 19.3 Å². The van der Waals surface area contributed by atoms with Crippen LogP contribution in [0.15, 0.2) is 0 Å². The summed E-state index contributed by atoms with van der Waals surface area (Å²) in [6.45, 7) is 3.54. The normalized spacial score (nSPS) is 33.6. The predicted octanol–water partition coefficient (Wildman–Crippen LogP) is 0.627. The van der Waals surface area contributed by atoms with Gasteiger partial charge in [0, 0.05) is 19.1 Å². The van der Waals surface area contributed by atoms with Gasteiger partial charge in [-0.3, -0.25) is 9.69 Å². The molecule has 2 unspecified atom stereocenters. The summed E-state index contributed by atoms with van der Waals surface area (Å²) in [4.78, 5) is 14.8. The molecule has 1 amide bonds. The van der Waals surface area contributed by atoms with Gasteiger partial charge in [-0.2, -0.15) is 0 Å². The Morgan fingerprint density at radius 3 is 2.90 bits per heavy atom. The van der Waals surface area contributed by atoms with E-state index in [9.17, 15) is 4.79 Å². The molecule has 5 heteroatoms. The van der Waals surface area contributed by atoms with Crippen LogP contribution in [0.25, 0.3) is 0 Å². The molecule has 0 aromatic carbocycles. The molecule has 5 nitrogen and oxygen atoms in total. The lowest BCUT2D eigenvalue weighted by atomic mass is 9.82. The third-order valence-electron chi connectivity index (χ3n) is 5.15. The summed E-state index contributed by atoms with van der Waals surface area (Å²) in [5, 5.41) is 3.03. The molecule has 3 rings (SSSR count). The number of carbonyl (C=O) groups is 1. The molecular formula is C15H27N3O2. The first kappa shape index (κ1) is 14.3. The van der Waals surface area contributed by atoms with E-state index >= 15 is 0 Å². The first-order valence-electron chi connectivity index (χ1n) is 8.10. The van der Waals surface area contributed by atoms with Crippen LogP contribution in [0.3, 0.4) is 0 Å². The van der Waals surface area contributed by atoms with Crippen molar-refractivity contribution in [2.45, 2.75) is 62.6 Å². The Kier molecular flexibility index (Phi) is 4.29. The van der Waals surface area contributed by atoms with Crippen molar-refractivity contribution in [1.82, 2.24) is 10.2 Å². The molecule has 0 aromatic heterocycles. The van der Waals surface area contributed by atoms with Crippen molar-refractivity contribution in [3.8, 4) is 0 Å². The fourth-order valence-electron chi connectivity index (χ4n) is 3.80. The standard InChI is InChI=1S/C15H27N3O2/c16-15(6-2-1-3-7-15)14(19)17-9-13-10-18-8-4-5-12(18)11-20-13/h12-13H,1-11,16H2,(H,17,19). The molecule has 2 saturated heterocycles. The summed E-state index contributed by atoms with van der Waals surface area (Å²) in [6.07, 6.45) is 7.63. The van der Waals surface area contributed by atoms with Crippen LogP contribution in [-0.4, -0.2) is 54.7 Å². The quantitative estimate of drug-likeness (QED) is 0.796. The number of nitrogens with two attached hydrogens (primary N) is 1. The Hall–Kier alpha value is -0.650. The van der Waals surface area contributed by atoms with Crippen LogP contribution >= 0.6 is 0 Å².